The van der Waals surface area contributed by atoms with Crippen molar-refractivity contribution in [3.05, 3.63) is 21.6 Å². The summed E-state index contributed by atoms with van der Waals surface area (Å²) in [4.78, 5) is 8.90. The number of ether oxygens (including phenoxy) is 1. The Balaban J connectivity index is 1.72. The minimum atomic E-state index is 0.221. The summed E-state index contributed by atoms with van der Waals surface area (Å²) in [5, 5.41) is 10.8. The van der Waals surface area contributed by atoms with Crippen LogP contribution in [0.15, 0.2) is 6.20 Å². The number of aromatic amines is 1. The van der Waals surface area contributed by atoms with Crippen molar-refractivity contribution in [2.24, 2.45) is 0 Å². The van der Waals surface area contributed by atoms with E-state index in [1.165, 1.54) is 0 Å². The quantitative estimate of drug-likeness (QED) is 0.561. The van der Waals surface area contributed by atoms with Crippen LogP contribution >= 0.6 is 23.8 Å². The third-order valence-electron chi connectivity index (χ3n) is 5.46. The van der Waals surface area contributed by atoms with Gasteiger partial charge in [-0.2, -0.15) is 4.98 Å². The lowest BCUT2D eigenvalue weighted by molar-refractivity contribution is -0.0508. The number of halogens is 1. The maximum absolute atomic E-state index is 6.26. The smallest absolute Gasteiger partial charge is 0.229 e. The normalized spacial score (nSPS) is 27.9. The summed E-state index contributed by atoms with van der Waals surface area (Å²) in [5.41, 5.74) is 2.00. The molecule has 9 heteroatoms. The maximum atomic E-state index is 6.26. The fourth-order valence-corrected chi connectivity index (χ4v) is 4.70. The van der Waals surface area contributed by atoms with Crippen LogP contribution in [0.5, 0.6) is 0 Å². The molecule has 152 valence electrons. The van der Waals surface area contributed by atoms with E-state index in [0.717, 1.165) is 48.1 Å². The summed E-state index contributed by atoms with van der Waals surface area (Å²) in [5.74, 6) is 1.14. The molecule has 7 nitrogen and oxygen atoms in total. The Morgan fingerprint density at radius 3 is 2.75 bits per heavy atom. The summed E-state index contributed by atoms with van der Waals surface area (Å²) in [7, 11) is 0. The largest absolute Gasteiger partial charge is 0.375 e. The van der Waals surface area contributed by atoms with Crippen LogP contribution in [0, 0.1) is 4.64 Å². The lowest BCUT2D eigenvalue weighted by Gasteiger charge is -2.32. The molecule has 2 aromatic rings. The Kier molecular flexibility index (Phi) is 5.62. The van der Waals surface area contributed by atoms with Crippen molar-refractivity contribution < 1.29 is 4.74 Å². The van der Waals surface area contributed by atoms with Gasteiger partial charge in [0.05, 0.1) is 35.8 Å². The maximum Gasteiger partial charge on any atom is 0.229 e. The number of hydrogen-bond donors (Lipinski definition) is 3. The lowest BCUT2D eigenvalue weighted by atomic mass is 10.0. The third-order valence-corrected chi connectivity index (χ3v) is 6.13. The summed E-state index contributed by atoms with van der Waals surface area (Å²) in [6, 6.07) is 0.569. The minimum absolute atomic E-state index is 0.221. The first-order valence-corrected chi connectivity index (χ1v) is 10.7. The molecule has 0 radical (unpaired) electrons. The van der Waals surface area contributed by atoms with Crippen LogP contribution in [0.25, 0.3) is 0 Å². The predicted molar refractivity (Wildman–Crippen MR) is 114 cm³/mol. The van der Waals surface area contributed by atoms with Crippen LogP contribution in [-0.4, -0.2) is 38.0 Å². The Morgan fingerprint density at radius 2 is 2.00 bits per heavy atom. The van der Waals surface area contributed by atoms with Crippen LogP contribution in [0.2, 0.25) is 5.02 Å². The minimum Gasteiger partial charge on any atom is -0.375 e. The molecule has 2 bridgehead atoms. The second kappa shape index (κ2) is 8.00. The van der Waals surface area contributed by atoms with Crippen LogP contribution in [-0.2, 0) is 11.2 Å². The van der Waals surface area contributed by atoms with Gasteiger partial charge in [-0.1, -0.05) is 23.8 Å². The highest BCUT2D eigenvalue weighted by Gasteiger charge is 2.28. The first kappa shape index (κ1) is 19.7. The van der Waals surface area contributed by atoms with Crippen LogP contribution in [0.4, 0.5) is 17.5 Å². The summed E-state index contributed by atoms with van der Waals surface area (Å²) >= 11 is 12.1. The van der Waals surface area contributed by atoms with E-state index >= 15 is 0 Å². The Labute approximate surface area is 175 Å². The highest BCUT2D eigenvalue weighted by Crippen LogP contribution is 2.33. The molecule has 1 fully saturated rings. The molecule has 2 aliphatic rings. The van der Waals surface area contributed by atoms with Crippen molar-refractivity contribution in [2.75, 3.05) is 10.6 Å². The molecule has 3 unspecified atom stereocenters. The van der Waals surface area contributed by atoms with Crippen LogP contribution in [0.3, 0.4) is 0 Å². The van der Waals surface area contributed by atoms with E-state index in [1.54, 1.807) is 6.20 Å². The second-order valence-electron chi connectivity index (χ2n) is 7.98. The van der Waals surface area contributed by atoms with Gasteiger partial charge in [0.1, 0.15) is 9.66 Å². The molecule has 0 aromatic carbocycles. The first-order chi connectivity index (χ1) is 13.4. The fourth-order valence-electron chi connectivity index (χ4n) is 4.18. The highest BCUT2D eigenvalue weighted by molar-refractivity contribution is 7.71. The van der Waals surface area contributed by atoms with Gasteiger partial charge in [-0.3, -0.25) is 9.78 Å². The van der Waals surface area contributed by atoms with Crippen LogP contribution in [0.1, 0.15) is 58.2 Å². The molecule has 0 saturated carbocycles. The molecule has 4 rings (SSSR count). The number of rotatable bonds is 1. The zero-order chi connectivity index (χ0) is 19.8. The van der Waals surface area contributed by atoms with E-state index in [0.29, 0.717) is 22.8 Å². The molecule has 3 atom stereocenters. The number of anilines is 3. The number of aryl methyl sites for hydroxylation is 1. The molecule has 2 aliphatic heterocycles. The van der Waals surface area contributed by atoms with E-state index in [2.05, 4.69) is 51.2 Å². The lowest BCUT2D eigenvalue weighted by Crippen LogP contribution is -2.31. The molecule has 28 heavy (non-hydrogen) atoms. The van der Waals surface area contributed by atoms with Gasteiger partial charge in [-0.15, -0.1) is 0 Å². The molecular formula is C19H27ClN6OS. The zero-order valence-electron chi connectivity index (χ0n) is 16.5. The molecule has 0 spiro atoms. The Morgan fingerprint density at radius 1 is 1.25 bits per heavy atom. The van der Waals surface area contributed by atoms with E-state index in [9.17, 15) is 0 Å². The number of nitrogens with zero attached hydrogens (tertiary/aromatic N) is 3. The van der Waals surface area contributed by atoms with Crippen molar-refractivity contribution in [3.8, 4) is 0 Å². The summed E-state index contributed by atoms with van der Waals surface area (Å²) in [6.45, 7) is 6.39. The molecule has 0 amide bonds. The molecule has 4 heterocycles. The second-order valence-corrected chi connectivity index (χ2v) is 8.77. The van der Waals surface area contributed by atoms with Crippen molar-refractivity contribution in [3.63, 3.8) is 0 Å². The van der Waals surface area contributed by atoms with E-state index in [1.807, 2.05) is 0 Å². The van der Waals surface area contributed by atoms with Gasteiger partial charge in [0.2, 0.25) is 5.95 Å². The predicted octanol–water partition coefficient (Wildman–Crippen LogP) is 5.00. The van der Waals surface area contributed by atoms with Gasteiger partial charge in [-0.05, 0) is 52.9 Å². The van der Waals surface area contributed by atoms with Crippen molar-refractivity contribution in [1.82, 2.24) is 19.7 Å². The fraction of sp³-hybridized carbons (Fsp3) is 0.632. The van der Waals surface area contributed by atoms with Crippen molar-refractivity contribution >= 4 is 41.3 Å². The van der Waals surface area contributed by atoms with Gasteiger partial charge in [0.15, 0.2) is 5.82 Å². The van der Waals surface area contributed by atoms with Gasteiger partial charge in [0, 0.05) is 6.04 Å². The van der Waals surface area contributed by atoms with Crippen molar-refractivity contribution in [2.45, 2.75) is 77.2 Å². The van der Waals surface area contributed by atoms with Crippen LogP contribution < -0.4 is 10.6 Å². The topological polar surface area (TPSA) is 79.8 Å². The average molecular weight is 423 g/mol. The van der Waals surface area contributed by atoms with Gasteiger partial charge >= 0.3 is 0 Å². The molecule has 3 N–H and O–H groups in total. The first-order valence-electron chi connectivity index (χ1n) is 9.95. The molecule has 1 saturated heterocycles. The van der Waals surface area contributed by atoms with Crippen molar-refractivity contribution in [1.29, 1.82) is 0 Å². The SMILES string of the molecule is CC1CCCc2[nH]n(C3CC(C)OC(C)C3)c(=S)c2Nc2ncc(Cl)c(n2)N1. The number of fused-ring (bicyclic) bond motifs is 3. The molecule has 2 aromatic heterocycles. The summed E-state index contributed by atoms with van der Waals surface area (Å²) in [6.07, 6.45) is 6.89. The Hall–Kier alpha value is -1.64. The highest BCUT2D eigenvalue weighted by atomic mass is 35.5. The van der Waals surface area contributed by atoms with Gasteiger partial charge in [0.25, 0.3) is 0 Å². The number of aromatic nitrogens is 4. The van der Waals surface area contributed by atoms with Gasteiger partial charge < -0.3 is 15.4 Å². The Bertz CT molecular complexity index is 902. The third kappa shape index (κ3) is 4.04. The number of hydrogen-bond acceptors (Lipinski definition) is 6. The standard InChI is InChI=1S/C19H27ClN6OS/c1-10-5-4-6-15-16(23-19-21-9-14(20)17(22-10)24-19)18(28)26(25-15)13-7-11(2)27-12(3)8-13/h9-13,25H,4-8H2,1-3H3,(H2,21,22,23,24). The molecule has 0 aliphatic carbocycles. The van der Waals surface area contributed by atoms with Gasteiger partial charge in [-0.25, -0.2) is 4.98 Å². The van der Waals surface area contributed by atoms with E-state index in [4.69, 9.17) is 28.6 Å². The number of nitrogens with one attached hydrogen (secondary N) is 3. The summed E-state index contributed by atoms with van der Waals surface area (Å²) < 4.78 is 8.80. The van der Waals surface area contributed by atoms with E-state index < -0.39 is 0 Å². The zero-order valence-corrected chi connectivity index (χ0v) is 18.0. The van der Waals surface area contributed by atoms with E-state index in [-0.39, 0.29) is 18.2 Å². The average Bonchev–Trinajstić information content (AvgIpc) is 2.92. The number of H-pyrrole nitrogens is 1. The monoisotopic (exact) mass is 422 g/mol. The molecular weight excluding hydrogens is 396 g/mol.